The summed E-state index contributed by atoms with van der Waals surface area (Å²) in [7, 11) is 0. The first-order chi connectivity index (χ1) is 23.6. The number of carbonyl (C=O) groups is 2. The molecule has 0 fully saturated rings. The number of unbranched alkanes of at least 4 members (excludes halogenated alkanes) is 18. The summed E-state index contributed by atoms with van der Waals surface area (Å²) in [5, 5.41) is 42.6. The Balaban J connectivity index is 2.18. The van der Waals surface area contributed by atoms with Crippen molar-refractivity contribution in [3.63, 3.8) is 0 Å². The number of hydrogen-bond acceptors (Lipinski definition) is 5. The van der Waals surface area contributed by atoms with Crippen LogP contribution in [0.1, 0.15) is 213 Å². The van der Waals surface area contributed by atoms with Gasteiger partial charge in [0.05, 0.1) is 20.9 Å². The van der Waals surface area contributed by atoms with Crippen LogP contribution in [0.3, 0.4) is 0 Å². The summed E-state index contributed by atoms with van der Waals surface area (Å²) in [6.07, 6.45) is 25.9. The summed E-state index contributed by atoms with van der Waals surface area (Å²) in [5.74, 6) is -2.55. The van der Waals surface area contributed by atoms with Crippen LogP contribution in [0.2, 0.25) is 0 Å². The third-order valence-electron chi connectivity index (χ3n) is 9.98. The van der Waals surface area contributed by atoms with Crippen molar-refractivity contribution in [2.75, 3.05) is 0 Å². The maximum atomic E-state index is 12.4. The van der Waals surface area contributed by atoms with Gasteiger partial charge < -0.3 is 20.4 Å². The van der Waals surface area contributed by atoms with E-state index in [1.54, 1.807) is 0 Å². The van der Waals surface area contributed by atoms with Gasteiger partial charge in [0.15, 0.2) is 0 Å². The molecule has 0 spiro atoms. The average Bonchev–Trinajstić information content (AvgIpc) is 3.07. The van der Waals surface area contributed by atoms with Crippen LogP contribution in [0.5, 0.6) is 11.5 Å². The Morgan fingerprint density at radius 1 is 0.510 bits per heavy atom. The molecule has 2 rings (SSSR count). The zero-order chi connectivity index (χ0) is 36.0. The summed E-state index contributed by atoms with van der Waals surface area (Å²) in [5.41, 5.74) is 1.35. The standard InChI is InChI=1S/C42H66O6S/c1-5-7-9-11-13-15-17-19-21-23-25-31(3)37-33(41(45)46)27-29-35(43)39(37)49-40-36(44)30-28-34(42(47)48)38(40)32(4)26-24-22-20-18-16-14-12-10-8-6-2/h27-32,43-44H,5-26H2,1-4H3,(H,45,46)(H,47,48). The second kappa shape index (κ2) is 24.5. The molecule has 2 aromatic carbocycles. The van der Waals surface area contributed by atoms with Crippen LogP contribution in [0.25, 0.3) is 0 Å². The smallest absolute Gasteiger partial charge is 0.336 e. The minimum atomic E-state index is -1.06. The van der Waals surface area contributed by atoms with Crippen molar-refractivity contribution in [1.82, 2.24) is 0 Å². The lowest BCUT2D eigenvalue weighted by atomic mass is 9.90. The SMILES string of the molecule is CCCCCCCCCCCCC(C)c1c(C(=O)O)ccc(O)c1Sc1c(O)ccc(C(=O)O)c1C(C)CCCCCCCCCCCC. The molecular weight excluding hydrogens is 633 g/mol. The zero-order valence-electron chi connectivity index (χ0n) is 31.0. The number of benzene rings is 2. The second-order valence-corrected chi connectivity index (χ2v) is 15.2. The van der Waals surface area contributed by atoms with Crippen LogP contribution in [0, 0.1) is 0 Å². The Morgan fingerprint density at radius 3 is 1.08 bits per heavy atom. The summed E-state index contributed by atoms with van der Waals surface area (Å²) in [6.45, 7) is 8.47. The van der Waals surface area contributed by atoms with Crippen LogP contribution < -0.4 is 0 Å². The fourth-order valence-electron chi connectivity index (χ4n) is 7.01. The summed E-state index contributed by atoms with van der Waals surface area (Å²) >= 11 is 1.10. The largest absolute Gasteiger partial charge is 0.507 e. The van der Waals surface area contributed by atoms with Crippen LogP contribution in [0.15, 0.2) is 34.1 Å². The number of hydrogen-bond donors (Lipinski definition) is 4. The first kappa shape index (κ1) is 42.5. The van der Waals surface area contributed by atoms with Gasteiger partial charge in [-0.05, 0) is 60.1 Å². The van der Waals surface area contributed by atoms with E-state index in [1.165, 1.54) is 114 Å². The summed E-state index contributed by atoms with van der Waals surface area (Å²) in [6, 6.07) is 5.70. The molecular formula is C42H66O6S. The molecule has 49 heavy (non-hydrogen) atoms. The second-order valence-electron chi connectivity index (χ2n) is 14.2. The van der Waals surface area contributed by atoms with Crippen LogP contribution >= 0.6 is 11.8 Å². The van der Waals surface area contributed by atoms with Gasteiger partial charge >= 0.3 is 11.9 Å². The van der Waals surface area contributed by atoms with Gasteiger partial charge in [0.1, 0.15) is 11.5 Å². The van der Waals surface area contributed by atoms with Crippen LogP contribution in [0.4, 0.5) is 0 Å². The number of aromatic carboxylic acids is 2. The molecule has 6 nitrogen and oxygen atoms in total. The van der Waals surface area contributed by atoms with E-state index in [9.17, 15) is 30.0 Å². The maximum Gasteiger partial charge on any atom is 0.336 e. The predicted molar refractivity (Wildman–Crippen MR) is 204 cm³/mol. The number of carboxylic acids is 2. The van der Waals surface area contributed by atoms with E-state index in [1.807, 2.05) is 13.8 Å². The molecule has 2 atom stereocenters. The quantitative estimate of drug-likeness (QED) is 0.0654. The third-order valence-corrected chi connectivity index (χ3v) is 11.2. The molecule has 0 bridgehead atoms. The molecule has 0 radical (unpaired) electrons. The van der Waals surface area contributed by atoms with E-state index in [4.69, 9.17) is 0 Å². The average molecular weight is 699 g/mol. The minimum Gasteiger partial charge on any atom is -0.507 e. The molecule has 0 aromatic heterocycles. The fourth-order valence-corrected chi connectivity index (χ4v) is 8.40. The highest BCUT2D eigenvalue weighted by Gasteiger charge is 2.28. The molecule has 276 valence electrons. The van der Waals surface area contributed by atoms with Crippen molar-refractivity contribution in [2.45, 2.75) is 191 Å². The predicted octanol–water partition coefficient (Wildman–Crippen LogP) is 13.5. The Morgan fingerprint density at radius 2 is 0.796 bits per heavy atom. The molecule has 0 amide bonds. The highest BCUT2D eigenvalue weighted by Crippen LogP contribution is 2.49. The van der Waals surface area contributed by atoms with Crippen molar-refractivity contribution in [3.8, 4) is 11.5 Å². The Labute approximate surface area is 301 Å². The van der Waals surface area contributed by atoms with Crippen molar-refractivity contribution in [1.29, 1.82) is 0 Å². The monoisotopic (exact) mass is 698 g/mol. The molecule has 4 N–H and O–H groups in total. The van der Waals surface area contributed by atoms with E-state index in [0.29, 0.717) is 20.9 Å². The highest BCUT2D eigenvalue weighted by molar-refractivity contribution is 7.99. The summed E-state index contributed by atoms with van der Waals surface area (Å²) in [4.78, 5) is 25.6. The van der Waals surface area contributed by atoms with Gasteiger partial charge in [-0.1, -0.05) is 168 Å². The maximum absolute atomic E-state index is 12.4. The topological polar surface area (TPSA) is 115 Å². The molecule has 0 saturated heterocycles. The normalized spacial score (nSPS) is 12.7. The van der Waals surface area contributed by atoms with Crippen molar-refractivity contribution < 1.29 is 30.0 Å². The van der Waals surface area contributed by atoms with E-state index >= 15 is 0 Å². The molecule has 0 heterocycles. The van der Waals surface area contributed by atoms with Gasteiger partial charge in [-0.15, -0.1) is 0 Å². The van der Waals surface area contributed by atoms with Gasteiger partial charge in [-0.25, -0.2) is 9.59 Å². The van der Waals surface area contributed by atoms with Gasteiger partial charge in [0.2, 0.25) is 0 Å². The third kappa shape index (κ3) is 15.0. The fraction of sp³-hybridized carbons (Fsp3) is 0.667. The first-order valence-corrected chi connectivity index (χ1v) is 20.3. The number of rotatable bonds is 28. The van der Waals surface area contributed by atoms with Crippen molar-refractivity contribution in [3.05, 3.63) is 46.5 Å². The molecule has 0 aliphatic heterocycles. The minimum absolute atomic E-state index is 0.0617. The number of aromatic hydroxyl groups is 2. The lowest BCUT2D eigenvalue weighted by Crippen LogP contribution is -2.10. The molecule has 2 unspecified atom stereocenters. The van der Waals surface area contributed by atoms with Crippen LogP contribution in [-0.2, 0) is 0 Å². The lowest BCUT2D eigenvalue weighted by Gasteiger charge is -2.23. The zero-order valence-corrected chi connectivity index (χ0v) is 31.9. The van der Waals surface area contributed by atoms with Gasteiger partial charge in [-0.3, -0.25) is 0 Å². The van der Waals surface area contributed by atoms with Crippen LogP contribution in [-0.4, -0.2) is 32.4 Å². The number of carboxylic acid groups (broad SMARTS) is 2. The van der Waals surface area contributed by atoms with Crippen molar-refractivity contribution in [2.24, 2.45) is 0 Å². The van der Waals surface area contributed by atoms with E-state index < -0.39 is 11.9 Å². The van der Waals surface area contributed by atoms with Gasteiger partial charge in [-0.2, -0.15) is 0 Å². The van der Waals surface area contributed by atoms with E-state index in [2.05, 4.69) is 13.8 Å². The van der Waals surface area contributed by atoms with Crippen molar-refractivity contribution >= 4 is 23.7 Å². The molecule has 2 aromatic rings. The molecule has 0 aliphatic carbocycles. The van der Waals surface area contributed by atoms with Gasteiger partial charge in [0.25, 0.3) is 0 Å². The molecule has 0 saturated carbocycles. The van der Waals surface area contributed by atoms with E-state index in [-0.39, 0.29) is 34.5 Å². The molecule has 0 aliphatic rings. The Kier molecular flexibility index (Phi) is 21.2. The number of phenolic OH excluding ortho intramolecular Hbond substituents is 2. The highest BCUT2D eigenvalue weighted by atomic mass is 32.2. The lowest BCUT2D eigenvalue weighted by molar-refractivity contribution is 0.0684. The Bertz CT molecular complexity index is 1160. The Hall–Kier alpha value is -2.67. The van der Waals surface area contributed by atoms with Gasteiger partial charge in [0, 0.05) is 0 Å². The summed E-state index contributed by atoms with van der Waals surface area (Å²) < 4.78 is 0. The first-order valence-electron chi connectivity index (χ1n) is 19.5. The number of phenols is 2. The molecule has 7 heteroatoms. The van der Waals surface area contributed by atoms with E-state index in [0.717, 1.165) is 63.1 Å².